The Labute approximate surface area is 105 Å². The topological polar surface area (TPSA) is 30.0 Å². The normalized spacial score (nSPS) is 10.4. The van der Waals surface area contributed by atoms with Gasteiger partial charge >= 0.3 is 0 Å². The number of pyridine rings is 1. The molecule has 2 nitrogen and oxygen atoms in total. The monoisotopic (exact) mass is 233 g/mol. The van der Waals surface area contributed by atoms with Crippen LogP contribution >= 0.6 is 0 Å². The van der Waals surface area contributed by atoms with E-state index in [9.17, 15) is 4.79 Å². The van der Waals surface area contributed by atoms with Crippen molar-refractivity contribution >= 4 is 17.1 Å². The fraction of sp³-hybridized carbons (Fsp3) is 0. The Balaban J connectivity index is 2.15. The molecule has 0 radical (unpaired) electrons. The van der Waals surface area contributed by atoms with E-state index in [-0.39, 0.29) is 0 Å². The minimum absolute atomic E-state index is 0.459. The van der Waals surface area contributed by atoms with Crippen molar-refractivity contribution in [2.24, 2.45) is 0 Å². The molecule has 1 aromatic heterocycles. The van der Waals surface area contributed by atoms with Crippen LogP contribution in [0.25, 0.3) is 22.0 Å². The lowest BCUT2D eigenvalue weighted by Crippen LogP contribution is -1.89. The standard InChI is InChI=1S/C16H11NO/c18-11-15-6-3-7-16(17-15)14-9-8-12-4-1-2-5-13(12)10-14/h1-11H. The molecule has 3 rings (SSSR count). The van der Waals surface area contributed by atoms with Crippen LogP contribution in [0.15, 0.2) is 60.7 Å². The first kappa shape index (κ1) is 10.7. The number of hydrogen-bond acceptors (Lipinski definition) is 2. The average Bonchev–Trinajstić information content (AvgIpc) is 2.47. The van der Waals surface area contributed by atoms with Crippen molar-refractivity contribution in [3.8, 4) is 11.3 Å². The summed E-state index contributed by atoms with van der Waals surface area (Å²) in [6, 6.07) is 19.8. The first-order valence-corrected chi connectivity index (χ1v) is 5.78. The molecule has 3 aromatic rings. The summed E-state index contributed by atoms with van der Waals surface area (Å²) in [5, 5.41) is 2.38. The van der Waals surface area contributed by atoms with Crippen LogP contribution in [0.4, 0.5) is 0 Å². The van der Waals surface area contributed by atoms with Gasteiger partial charge in [-0.3, -0.25) is 4.79 Å². The van der Waals surface area contributed by atoms with E-state index in [1.54, 1.807) is 6.07 Å². The van der Waals surface area contributed by atoms with Gasteiger partial charge in [-0.05, 0) is 29.0 Å². The van der Waals surface area contributed by atoms with E-state index in [4.69, 9.17) is 0 Å². The van der Waals surface area contributed by atoms with Crippen molar-refractivity contribution in [3.05, 3.63) is 66.4 Å². The Morgan fingerprint density at radius 1 is 0.833 bits per heavy atom. The summed E-state index contributed by atoms with van der Waals surface area (Å²) in [4.78, 5) is 15.0. The Morgan fingerprint density at radius 3 is 2.50 bits per heavy atom. The van der Waals surface area contributed by atoms with Crippen molar-refractivity contribution in [2.75, 3.05) is 0 Å². The predicted octanol–water partition coefficient (Wildman–Crippen LogP) is 3.71. The molecule has 0 N–H and O–H groups in total. The molecule has 1 heterocycles. The number of hydrogen-bond donors (Lipinski definition) is 0. The molecule has 0 aliphatic heterocycles. The van der Waals surface area contributed by atoms with Gasteiger partial charge in [0.25, 0.3) is 0 Å². The van der Waals surface area contributed by atoms with Gasteiger partial charge < -0.3 is 0 Å². The van der Waals surface area contributed by atoms with Gasteiger partial charge in [-0.1, -0.05) is 42.5 Å². The lowest BCUT2D eigenvalue weighted by molar-refractivity contribution is 0.111. The Hall–Kier alpha value is -2.48. The maximum atomic E-state index is 10.7. The van der Waals surface area contributed by atoms with Gasteiger partial charge in [-0.25, -0.2) is 4.98 Å². The number of carbonyl (C=O) groups excluding carboxylic acids is 1. The lowest BCUT2D eigenvalue weighted by atomic mass is 10.0. The predicted molar refractivity (Wildman–Crippen MR) is 72.6 cm³/mol. The second-order valence-corrected chi connectivity index (χ2v) is 4.13. The third-order valence-electron chi connectivity index (χ3n) is 2.94. The minimum atomic E-state index is 0.459. The highest BCUT2D eigenvalue weighted by Crippen LogP contribution is 2.22. The fourth-order valence-electron chi connectivity index (χ4n) is 2.03. The number of carbonyl (C=O) groups is 1. The highest BCUT2D eigenvalue weighted by Gasteiger charge is 2.01. The van der Waals surface area contributed by atoms with Gasteiger partial charge in [0.2, 0.25) is 0 Å². The van der Waals surface area contributed by atoms with Crippen LogP contribution in [0, 0.1) is 0 Å². The number of benzene rings is 2. The van der Waals surface area contributed by atoms with E-state index in [0.29, 0.717) is 5.69 Å². The van der Waals surface area contributed by atoms with Crippen LogP contribution in [-0.4, -0.2) is 11.3 Å². The maximum absolute atomic E-state index is 10.7. The molecule has 0 aliphatic carbocycles. The second kappa shape index (κ2) is 4.41. The third kappa shape index (κ3) is 1.89. The summed E-state index contributed by atoms with van der Waals surface area (Å²) in [5.74, 6) is 0. The summed E-state index contributed by atoms with van der Waals surface area (Å²) in [6.07, 6.45) is 0.768. The van der Waals surface area contributed by atoms with Gasteiger partial charge in [0.1, 0.15) is 5.69 Å². The molecule has 2 heteroatoms. The first-order chi connectivity index (χ1) is 8.86. The minimum Gasteiger partial charge on any atom is -0.296 e. The summed E-state index contributed by atoms with van der Waals surface area (Å²) >= 11 is 0. The molecular weight excluding hydrogens is 222 g/mol. The molecule has 0 saturated heterocycles. The zero-order chi connectivity index (χ0) is 12.4. The largest absolute Gasteiger partial charge is 0.296 e. The maximum Gasteiger partial charge on any atom is 0.168 e. The van der Waals surface area contributed by atoms with Gasteiger partial charge in [-0.2, -0.15) is 0 Å². The van der Waals surface area contributed by atoms with Crippen molar-refractivity contribution in [2.45, 2.75) is 0 Å². The van der Waals surface area contributed by atoms with E-state index in [2.05, 4.69) is 29.2 Å². The Kier molecular flexibility index (Phi) is 2.61. The molecule has 0 aliphatic rings. The van der Waals surface area contributed by atoms with Crippen LogP contribution in [0.5, 0.6) is 0 Å². The van der Waals surface area contributed by atoms with E-state index in [1.165, 1.54) is 10.8 Å². The van der Waals surface area contributed by atoms with Gasteiger partial charge in [-0.15, -0.1) is 0 Å². The molecule has 86 valence electrons. The van der Waals surface area contributed by atoms with E-state index in [0.717, 1.165) is 17.5 Å². The lowest BCUT2D eigenvalue weighted by Gasteiger charge is -2.03. The smallest absolute Gasteiger partial charge is 0.168 e. The molecule has 0 saturated carbocycles. The van der Waals surface area contributed by atoms with Crippen molar-refractivity contribution in [1.82, 2.24) is 4.98 Å². The second-order valence-electron chi connectivity index (χ2n) is 4.13. The summed E-state index contributed by atoms with van der Waals surface area (Å²) in [7, 11) is 0. The zero-order valence-corrected chi connectivity index (χ0v) is 9.71. The molecule has 0 fully saturated rings. The van der Waals surface area contributed by atoms with Gasteiger partial charge in [0.05, 0.1) is 5.69 Å². The molecule has 2 aromatic carbocycles. The highest BCUT2D eigenvalue weighted by atomic mass is 16.1. The van der Waals surface area contributed by atoms with E-state index in [1.807, 2.05) is 30.3 Å². The quantitative estimate of drug-likeness (QED) is 0.631. The number of aromatic nitrogens is 1. The molecular formula is C16H11NO. The molecule has 0 bridgehead atoms. The number of nitrogens with zero attached hydrogens (tertiary/aromatic N) is 1. The van der Waals surface area contributed by atoms with Crippen LogP contribution < -0.4 is 0 Å². The van der Waals surface area contributed by atoms with Gasteiger partial charge in [0, 0.05) is 5.56 Å². The Morgan fingerprint density at radius 2 is 1.67 bits per heavy atom. The van der Waals surface area contributed by atoms with Crippen molar-refractivity contribution in [3.63, 3.8) is 0 Å². The third-order valence-corrected chi connectivity index (χ3v) is 2.94. The van der Waals surface area contributed by atoms with Crippen molar-refractivity contribution in [1.29, 1.82) is 0 Å². The summed E-state index contributed by atoms with van der Waals surface area (Å²) in [6.45, 7) is 0. The number of fused-ring (bicyclic) bond motifs is 1. The summed E-state index contributed by atoms with van der Waals surface area (Å²) < 4.78 is 0. The molecule has 18 heavy (non-hydrogen) atoms. The van der Waals surface area contributed by atoms with Gasteiger partial charge in [0.15, 0.2) is 6.29 Å². The highest BCUT2D eigenvalue weighted by molar-refractivity contribution is 5.87. The average molecular weight is 233 g/mol. The zero-order valence-electron chi connectivity index (χ0n) is 9.71. The first-order valence-electron chi connectivity index (χ1n) is 5.78. The molecule has 0 spiro atoms. The number of aldehydes is 1. The molecule has 0 atom stereocenters. The molecule has 0 amide bonds. The van der Waals surface area contributed by atoms with Crippen LogP contribution in [0.2, 0.25) is 0 Å². The molecule has 0 unspecified atom stereocenters. The Bertz CT molecular complexity index is 719. The van der Waals surface area contributed by atoms with Crippen LogP contribution in [-0.2, 0) is 0 Å². The summed E-state index contributed by atoms with van der Waals surface area (Å²) in [5.41, 5.74) is 2.31. The van der Waals surface area contributed by atoms with Crippen LogP contribution in [0.3, 0.4) is 0 Å². The fourth-order valence-corrected chi connectivity index (χ4v) is 2.03. The number of rotatable bonds is 2. The van der Waals surface area contributed by atoms with E-state index >= 15 is 0 Å². The SMILES string of the molecule is O=Cc1cccc(-c2ccc3ccccc3c2)n1. The van der Waals surface area contributed by atoms with Crippen molar-refractivity contribution < 1.29 is 4.79 Å². The van der Waals surface area contributed by atoms with E-state index < -0.39 is 0 Å². The van der Waals surface area contributed by atoms with Crippen LogP contribution in [0.1, 0.15) is 10.5 Å².